The lowest BCUT2D eigenvalue weighted by molar-refractivity contribution is 0.931. The highest BCUT2D eigenvalue weighted by Gasteiger charge is 2.22. The van der Waals surface area contributed by atoms with Crippen molar-refractivity contribution in [2.75, 3.05) is 9.80 Å². The van der Waals surface area contributed by atoms with Gasteiger partial charge in [-0.05, 0) is 123 Å². The fourth-order valence-electron chi connectivity index (χ4n) is 7.82. The summed E-state index contributed by atoms with van der Waals surface area (Å²) in [6.45, 7) is 0. The van der Waals surface area contributed by atoms with Gasteiger partial charge in [-0.15, -0.1) is 0 Å². The molecule has 2 heteroatoms. The van der Waals surface area contributed by atoms with E-state index in [2.05, 4.69) is 216 Å². The Morgan fingerprint density at radius 1 is 0.288 bits per heavy atom. The van der Waals surface area contributed by atoms with Gasteiger partial charge in [0.05, 0.1) is 0 Å². The Bertz CT molecular complexity index is 2400. The molecule has 0 fully saturated rings. The Labute approximate surface area is 305 Å². The number of rotatable bonds is 8. The minimum absolute atomic E-state index is 0.945. The SMILES string of the molecule is C1=C(c2c3ccccc3c(-c3ccc(N(c4ccccc4)c4ccccc4)cc3)c3ccccc23)CCC(N(c2ccccc2)c2ccccc2)=C1. The molecule has 0 radical (unpaired) electrons. The van der Waals surface area contributed by atoms with Crippen molar-refractivity contribution in [3.05, 3.63) is 218 Å². The van der Waals surface area contributed by atoms with Crippen LogP contribution in [0.15, 0.2) is 212 Å². The van der Waals surface area contributed by atoms with Crippen LogP contribution >= 0.6 is 0 Å². The second kappa shape index (κ2) is 13.9. The third-order valence-electron chi connectivity index (χ3n) is 10.1. The molecule has 1 aliphatic rings. The highest BCUT2D eigenvalue weighted by molar-refractivity contribution is 6.19. The van der Waals surface area contributed by atoms with Gasteiger partial charge in [0.25, 0.3) is 0 Å². The smallest absolute Gasteiger partial charge is 0.0462 e. The van der Waals surface area contributed by atoms with Crippen LogP contribution in [0.25, 0.3) is 38.2 Å². The zero-order valence-electron chi connectivity index (χ0n) is 28.9. The lowest BCUT2D eigenvalue weighted by Gasteiger charge is -2.30. The lowest BCUT2D eigenvalue weighted by Crippen LogP contribution is -2.17. The van der Waals surface area contributed by atoms with E-state index in [4.69, 9.17) is 0 Å². The first kappa shape index (κ1) is 31.3. The van der Waals surface area contributed by atoms with E-state index in [-0.39, 0.29) is 0 Å². The highest BCUT2D eigenvalue weighted by Crippen LogP contribution is 2.45. The fourth-order valence-corrected chi connectivity index (χ4v) is 7.82. The van der Waals surface area contributed by atoms with Crippen LogP contribution in [0, 0.1) is 0 Å². The maximum Gasteiger partial charge on any atom is 0.0462 e. The molecular formula is C50H38N2. The second-order valence-corrected chi connectivity index (χ2v) is 13.3. The van der Waals surface area contributed by atoms with Crippen molar-refractivity contribution in [3.8, 4) is 11.1 Å². The highest BCUT2D eigenvalue weighted by atomic mass is 15.2. The molecule has 0 N–H and O–H groups in total. The first-order chi connectivity index (χ1) is 25.8. The average molecular weight is 667 g/mol. The molecular weight excluding hydrogens is 629 g/mol. The third kappa shape index (κ3) is 5.85. The van der Waals surface area contributed by atoms with E-state index in [9.17, 15) is 0 Å². The number of anilines is 5. The van der Waals surface area contributed by atoms with Gasteiger partial charge in [-0.25, -0.2) is 0 Å². The first-order valence-corrected chi connectivity index (χ1v) is 18.1. The van der Waals surface area contributed by atoms with Crippen LogP contribution in [-0.2, 0) is 0 Å². The van der Waals surface area contributed by atoms with Crippen LogP contribution < -0.4 is 9.80 Å². The van der Waals surface area contributed by atoms with Crippen LogP contribution in [0.5, 0.6) is 0 Å². The van der Waals surface area contributed by atoms with Crippen molar-refractivity contribution < 1.29 is 0 Å². The zero-order valence-corrected chi connectivity index (χ0v) is 28.9. The van der Waals surface area contributed by atoms with Gasteiger partial charge >= 0.3 is 0 Å². The molecule has 0 spiro atoms. The molecule has 0 aromatic heterocycles. The molecule has 8 aromatic carbocycles. The molecule has 0 heterocycles. The summed E-state index contributed by atoms with van der Waals surface area (Å²) in [5.74, 6) is 0. The van der Waals surface area contributed by atoms with E-state index in [0.717, 1.165) is 29.9 Å². The summed E-state index contributed by atoms with van der Waals surface area (Å²) in [7, 11) is 0. The van der Waals surface area contributed by atoms with Crippen LogP contribution in [0.2, 0.25) is 0 Å². The second-order valence-electron chi connectivity index (χ2n) is 13.3. The monoisotopic (exact) mass is 666 g/mol. The van der Waals surface area contributed by atoms with E-state index in [1.165, 1.54) is 60.9 Å². The summed E-state index contributed by atoms with van der Waals surface area (Å²) < 4.78 is 0. The molecule has 52 heavy (non-hydrogen) atoms. The van der Waals surface area contributed by atoms with E-state index < -0.39 is 0 Å². The molecule has 0 amide bonds. The van der Waals surface area contributed by atoms with Crippen molar-refractivity contribution in [1.29, 1.82) is 0 Å². The number of hydrogen-bond donors (Lipinski definition) is 0. The Morgan fingerprint density at radius 3 is 1.06 bits per heavy atom. The number of nitrogens with zero attached hydrogens (tertiary/aromatic N) is 2. The van der Waals surface area contributed by atoms with E-state index in [1.54, 1.807) is 0 Å². The molecule has 2 nitrogen and oxygen atoms in total. The zero-order chi connectivity index (χ0) is 34.7. The van der Waals surface area contributed by atoms with Gasteiger partial charge in [0.1, 0.15) is 0 Å². The fraction of sp³-hybridized carbons (Fsp3) is 0.0400. The number of hydrogen-bond acceptors (Lipinski definition) is 2. The summed E-state index contributed by atoms with van der Waals surface area (Å²) >= 11 is 0. The van der Waals surface area contributed by atoms with E-state index in [0.29, 0.717) is 0 Å². The predicted octanol–water partition coefficient (Wildman–Crippen LogP) is 14.0. The standard InChI is InChI=1S/C50H38N2/c1-5-17-39(18-6-1)51(40-19-7-2-8-20-40)43-33-29-37(30-34-43)49-45-25-13-15-27-47(45)50(48-28-16-14-26-46(48)49)38-31-35-44(36-32-38)52(41-21-9-3-10-22-41)42-23-11-4-12-24-42/h1-31,33-35H,32,36H2. The summed E-state index contributed by atoms with van der Waals surface area (Å²) in [6, 6.07) is 69.6. The molecule has 0 unspecified atom stereocenters. The van der Waals surface area contributed by atoms with E-state index >= 15 is 0 Å². The lowest BCUT2D eigenvalue weighted by atomic mass is 9.83. The normalized spacial score (nSPS) is 12.7. The van der Waals surface area contributed by atoms with Crippen LogP contribution in [0.3, 0.4) is 0 Å². The van der Waals surface area contributed by atoms with Crippen molar-refractivity contribution in [2.24, 2.45) is 0 Å². The minimum atomic E-state index is 0.945. The Balaban J connectivity index is 1.15. The Morgan fingerprint density at radius 2 is 0.654 bits per heavy atom. The van der Waals surface area contributed by atoms with Gasteiger partial charge in [0.15, 0.2) is 0 Å². The summed E-state index contributed by atoms with van der Waals surface area (Å²) in [4.78, 5) is 4.71. The summed E-state index contributed by atoms with van der Waals surface area (Å²) in [5, 5.41) is 5.14. The molecule has 0 saturated heterocycles. The van der Waals surface area contributed by atoms with Crippen LogP contribution in [0.1, 0.15) is 18.4 Å². The number of allylic oxidation sites excluding steroid dienone is 4. The summed E-state index contributed by atoms with van der Waals surface area (Å²) in [6.07, 6.45) is 6.60. The van der Waals surface area contributed by atoms with Crippen molar-refractivity contribution >= 4 is 55.6 Å². The first-order valence-electron chi connectivity index (χ1n) is 18.1. The molecule has 248 valence electrons. The Kier molecular flexibility index (Phi) is 8.40. The Hall–Kier alpha value is -6.64. The molecule has 0 aliphatic heterocycles. The van der Waals surface area contributed by atoms with Crippen molar-refractivity contribution in [1.82, 2.24) is 0 Å². The molecule has 1 aliphatic carbocycles. The predicted molar refractivity (Wildman–Crippen MR) is 222 cm³/mol. The van der Waals surface area contributed by atoms with Gasteiger partial charge < -0.3 is 9.80 Å². The van der Waals surface area contributed by atoms with Gasteiger partial charge in [-0.3, -0.25) is 0 Å². The number of para-hydroxylation sites is 4. The van der Waals surface area contributed by atoms with Crippen molar-refractivity contribution in [3.63, 3.8) is 0 Å². The molecule has 0 atom stereocenters. The maximum absolute atomic E-state index is 2.40. The molecule has 0 bridgehead atoms. The molecule has 8 aromatic rings. The maximum atomic E-state index is 2.40. The summed E-state index contributed by atoms with van der Waals surface area (Å²) in [5.41, 5.74) is 12.3. The van der Waals surface area contributed by atoms with Gasteiger partial charge in [0.2, 0.25) is 0 Å². The third-order valence-corrected chi connectivity index (χ3v) is 10.1. The van der Waals surface area contributed by atoms with Gasteiger partial charge in [-0.1, -0.05) is 140 Å². The largest absolute Gasteiger partial charge is 0.314 e. The van der Waals surface area contributed by atoms with Gasteiger partial charge in [0, 0.05) is 34.1 Å². The topological polar surface area (TPSA) is 6.48 Å². The number of benzene rings is 8. The molecule has 9 rings (SSSR count). The van der Waals surface area contributed by atoms with Crippen LogP contribution in [0.4, 0.5) is 28.4 Å². The van der Waals surface area contributed by atoms with Gasteiger partial charge in [-0.2, -0.15) is 0 Å². The minimum Gasteiger partial charge on any atom is -0.314 e. The molecule has 0 saturated carbocycles. The number of fused-ring (bicyclic) bond motifs is 2. The van der Waals surface area contributed by atoms with Crippen molar-refractivity contribution in [2.45, 2.75) is 12.8 Å². The quantitative estimate of drug-likeness (QED) is 0.149. The van der Waals surface area contributed by atoms with E-state index in [1.807, 2.05) is 0 Å². The van der Waals surface area contributed by atoms with Crippen LogP contribution in [-0.4, -0.2) is 0 Å². The average Bonchev–Trinajstić information content (AvgIpc) is 3.22.